The molecule has 1 aliphatic carbocycles. The molecule has 0 amide bonds. The Morgan fingerprint density at radius 3 is 2.38 bits per heavy atom. The summed E-state index contributed by atoms with van der Waals surface area (Å²) in [7, 11) is 0. The molecular formula is C12H13F2NO. The second-order valence-corrected chi connectivity index (χ2v) is 4.57. The van der Waals surface area contributed by atoms with Crippen molar-refractivity contribution in [3.8, 4) is 5.75 Å². The van der Waals surface area contributed by atoms with E-state index in [4.69, 9.17) is 4.74 Å². The third-order valence-corrected chi connectivity index (χ3v) is 3.55. The van der Waals surface area contributed by atoms with Gasteiger partial charge in [-0.25, -0.2) is 8.78 Å². The minimum absolute atomic E-state index is 0.287. The summed E-state index contributed by atoms with van der Waals surface area (Å²) in [4.78, 5) is 0. The topological polar surface area (TPSA) is 21.3 Å². The number of fused-ring (bicyclic) bond motifs is 1. The van der Waals surface area contributed by atoms with Crippen molar-refractivity contribution >= 4 is 0 Å². The van der Waals surface area contributed by atoms with Crippen LogP contribution in [0.5, 0.6) is 5.75 Å². The second kappa shape index (κ2) is 3.70. The van der Waals surface area contributed by atoms with Crippen molar-refractivity contribution in [2.45, 2.75) is 0 Å². The van der Waals surface area contributed by atoms with Crippen molar-refractivity contribution in [1.29, 1.82) is 0 Å². The molecule has 3 atom stereocenters. The molecule has 0 radical (unpaired) electrons. The Morgan fingerprint density at radius 2 is 1.75 bits per heavy atom. The van der Waals surface area contributed by atoms with Crippen LogP contribution in [0.4, 0.5) is 8.78 Å². The van der Waals surface area contributed by atoms with E-state index < -0.39 is 11.6 Å². The highest BCUT2D eigenvalue weighted by atomic mass is 19.1. The van der Waals surface area contributed by atoms with Crippen molar-refractivity contribution in [2.75, 3.05) is 19.7 Å². The van der Waals surface area contributed by atoms with E-state index in [1.54, 1.807) is 0 Å². The molecule has 86 valence electrons. The van der Waals surface area contributed by atoms with Crippen LogP contribution in [-0.2, 0) is 0 Å². The molecule has 1 aliphatic heterocycles. The number of hydrogen-bond acceptors (Lipinski definition) is 2. The Kier molecular flexibility index (Phi) is 2.32. The van der Waals surface area contributed by atoms with Gasteiger partial charge in [-0.05, 0) is 24.9 Å². The number of halogens is 2. The normalized spacial score (nSPS) is 31.2. The maximum absolute atomic E-state index is 12.9. The van der Waals surface area contributed by atoms with E-state index in [0.29, 0.717) is 24.4 Å². The Bertz CT molecular complexity index is 380. The van der Waals surface area contributed by atoms with Crippen LogP contribution in [0, 0.1) is 29.4 Å². The fourth-order valence-electron chi connectivity index (χ4n) is 2.60. The lowest BCUT2D eigenvalue weighted by molar-refractivity contribution is 0.278. The van der Waals surface area contributed by atoms with Crippen LogP contribution in [-0.4, -0.2) is 19.7 Å². The Morgan fingerprint density at radius 1 is 1.12 bits per heavy atom. The Hall–Kier alpha value is -1.16. The number of hydrogen-bond donors (Lipinski definition) is 1. The molecule has 1 saturated carbocycles. The molecule has 0 aromatic heterocycles. The summed E-state index contributed by atoms with van der Waals surface area (Å²) in [6.07, 6.45) is 0. The highest BCUT2D eigenvalue weighted by Crippen LogP contribution is 2.48. The van der Waals surface area contributed by atoms with Crippen LogP contribution in [0.3, 0.4) is 0 Å². The minimum atomic E-state index is -0.590. The predicted octanol–water partition coefficient (Wildman–Crippen LogP) is 1.81. The van der Waals surface area contributed by atoms with Gasteiger partial charge in [0.15, 0.2) is 0 Å². The van der Waals surface area contributed by atoms with Crippen molar-refractivity contribution in [2.24, 2.45) is 17.8 Å². The van der Waals surface area contributed by atoms with Crippen LogP contribution in [0.2, 0.25) is 0 Å². The standard InChI is InChI=1S/C12H13F2NO/c13-7-1-8(14)3-9(2-7)16-6-12-10-4-15-5-11(10)12/h1-3,10-12,15H,4-6H2/t10-,11+,12?. The molecule has 1 heterocycles. The highest BCUT2D eigenvalue weighted by Gasteiger charge is 2.52. The van der Waals surface area contributed by atoms with E-state index in [-0.39, 0.29) is 5.75 Å². The van der Waals surface area contributed by atoms with Crippen LogP contribution in [0.25, 0.3) is 0 Å². The quantitative estimate of drug-likeness (QED) is 0.847. The van der Waals surface area contributed by atoms with Crippen molar-refractivity contribution < 1.29 is 13.5 Å². The second-order valence-electron chi connectivity index (χ2n) is 4.57. The summed E-state index contributed by atoms with van der Waals surface area (Å²) in [6, 6.07) is 3.29. The molecule has 2 fully saturated rings. The average molecular weight is 225 g/mol. The zero-order valence-electron chi connectivity index (χ0n) is 8.75. The molecule has 1 N–H and O–H groups in total. The van der Waals surface area contributed by atoms with Gasteiger partial charge >= 0.3 is 0 Å². The maximum Gasteiger partial charge on any atom is 0.129 e. The van der Waals surface area contributed by atoms with E-state index in [2.05, 4.69) is 5.32 Å². The first kappa shape index (κ1) is 10.0. The molecule has 0 spiro atoms. The molecule has 2 nitrogen and oxygen atoms in total. The van der Waals surface area contributed by atoms with E-state index in [1.807, 2.05) is 0 Å². The molecule has 3 rings (SSSR count). The minimum Gasteiger partial charge on any atom is -0.493 e. The summed E-state index contributed by atoms with van der Waals surface area (Å²) in [5.41, 5.74) is 0. The Balaban J connectivity index is 1.58. The van der Waals surface area contributed by atoms with Gasteiger partial charge in [-0.2, -0.15) is 0 Å². The number of piperidine rings is 1. The molecule has 1 aromatic carbocycles. The lowest BCUT2D eigenvalue weighted by Gasteiger charge is -2.08. The third kappa shape index (κ3) is 1.78. The van der Waals surface area contributed by atoms with Crippen LogP contribution in [0.15, 0.2) is 18.2 Å². The molecular weight excluding hydrogens is 212 g/mol. The number of rotatable bonds is 3. The van der Waals surface area contributed by atoms with E-state index >= 15 is 0 Å². The highest BCUT2D eigenvalue weighted by molar-refractivity contribution is 5.24. The number of benzene rings is 1. The molecule has 1 saturated heterocycles. The average Bonchev–Trinajstić information content (AvgIpc) is 2.68. The summed E-state index contributed by atoms with van der Waals surface area (Å²) in [6.45, 7) is 2.67. The SMILES string of the molecule is Fc1cc(F)cc(OCC2[C@H]3CNC[C@@H]23)c1. The lowest BCUT2D eigenvalue weighted by Crippen LogP contribution is -2.17. The first-order valence-electron chi connectivity index (χ1n) is 5.53. The smallest absolute Gasteiger partial charge is 0.129 e. The summed E-state index contributed by atoms with van der Waals surface area (Å²) in [5, 5.41) is 3.29. The van der Waals surface area contributed by atoms with Gasteiger partial charge in [-0.15, -0.1) is 0 Å². The third-order valence-electron chi connectivity index (χ3n) is 3.55. The maximum atomic E-state index is 12.9. The molecule has 1 unspecified atom stereocenters. The van der Waals surface area contributed by atoms with Crippen molar-refractivity contribution in [3.05, 3.63) is 29.8 Å². The van der Waals surface area contributed by atoms with Crippen LogP contribution >= 0.6 is 0 Å². The van der Waals surface area contributed by atoms with Gasteiger partial charge in [0.05, 0.1) is 6.61 Å². The zero-order chi connectivity index (χ0) is 11.1. The fourth-order valence-corrected chi connectivity index (χ4v) is 2.60. The van der Waals surface area contributed by atoms with Gasteiger partial charge in [0.1, 0.15) is 17.4 Å². The molecule has 4 heteroatoms. The predicted molar refractivity (Wildman–Crippen MR) is 55.2 cm³/mol. The van der Waals surface area contributed by atoms with E-state index in [0.717, 1.165) is 19.2 Å². The molecule has 1 aromatic rings. The fraction of sp³-hybridized carbons (Fsp3) is 0.500. The van der Waals surface area contributed by atoms with Gasteiger partial charge in [0.2, 0.25) is 0 Å². The molecule has 2 aliphatic rings. The molecule has 16 heavy (non-hydrogen) atoms. The summed E-state index contributed by atoms with van der Waals surface area (Å²) < 4.78 is 31.2. The lowest BCUT2D eigenvalue weighted by atomic mass is 10.3. The van der Waals surface area contributed by atoms with Crippen molar-refractivity contribution in [1.82, 2.24) is 5.32 Å². The van der Waals surface area contributed by atoms with Crippen LogP contribution < -0.4 is 10.1 Å². The van der Waals surface area contributed by atoms with E-state index in [9.17, 15) is 8.78 Å². The van der Waals surface area contributed by atoms with Crippen molar-refractivity contribution in [3.63, 3.8) is 0 Å². The zero-order valence-corrected chi connectivity index (χ0v) is 8.75. The van der Waals surface area contributed by atoms with Gasteiger partial charge in [-0.1, -0.05) is 0 Å². The number of ether oxygens (including phenoxy) is 1. The Labute approximate surface area is 92.6 Å². The van der Waals surface area contributed by atoms with Gasteiger partial charge in [-0.3, -0.25) is 0 Å². The first-order valence-corrected chi connectivity index (χ1v) is 5.53. The summed E-state index contributed by atoms with van der Waals surface area (Å²) in [5.74, 6) is 1.08. The van der Waals surface area contributed by atoms with Crippen LogP contribution in [0.1, 0.15) is 0 Å². The van der Waals surface area contributed by atoms with Gasteiger partial charge in [0, 0.05) is 24.1 Å². The number of nitrogens with one attached hydrogen (secondary N) is 1. The van der Waals surface area contributed by atoms with Gasteiger partial charge < -0.3 is 10.1 Å². The van der Waals surface area contributed by atoms with E-state index in [1.165, 1.54) is 12.1 Å². The first-order chi connectivity index (χ1) is 7.74. The molecule has 0 bridgehead atoms. The van der Waals surface area contributed by atoms with Gasteiger partial charge in [0.25, 0.3) is 0 Å². The monoisotopic (exact) mass is 225 g/mol. The largest absolute Gasteiger partial charge is 0.493 e. The summed E-state index contributed by atoms with van der Waals surface area (Å²) >= 11 is 0.